The molecule has 4 heteroatoms. The van der Waals surface area contributed by atoms with E-state index < -0.39 is 0 Å². The van der Waals surface area contributed by atoms with Crippen molar-refractivity contribution >= 4 is 23.3 Å². The quantitative estimate of drug-likeness (QED) is 0.844. The molecule has 1 aliphatic heterocycles. The van der Waals surface area contributed by atoms with Crippen molar-refractivity contribution in [2.24, 2.45) is 0 Å². The molecule has 88 valence electrons. The summed E-state index contributed by atoms with van der Waals surface area (Å²) in [7, 11) is 0. The van der Waals surface area contributed by atoms with Crippen molar-refractivity contribution in [2.75, 3.05) is 28.7 Å². The summed E-state index contributed by atoms with van der Waals surface area (Å²) in [6.07, 6.45) is 4.47. The molecule has 2 heterocycles. The molecule has 1 unspecified atom stereocenters. The smallest absolute Gasteiger partial charge is 0.127 e. The molecule has 1 fully saturated rings. The molecule has 0 amide bonds. The van der Waals surface area contributed by atoms with Gasteiger partial charge in [-0.25, -0.2) is 4.98 Å². The van der Waals surface area contributed by atoms with E-state index in [0.29, 0.717) is 6.04 Å². The highest BCUT2D eigenvalue weighted by Gasteiger charge is 2.13. The molecule has 1 aromatic rings. The van der Waals surface area contributed by atoms with Crippen LogP contribution in [0.15, 0.2) is 18.3 Å². The van der Waals surface area contributed by atoms with Crippen LogP contribution in [0.5, 0.6) is 0 Å². The van der Waals surface area contributed by atoms with E-state index in [2.05, 4.69) is 28.6 Å². The maximum absolute atomic E-state index is 4.27. The zero-order valence-electron chi connectivity index (χ0n) is 9.70. The van der Waals surface area contributed by atoms with Crippen molar-refractivity contribution in [3.63, 3.8) is 0 Å². The average Bonchev–Trinajstić information content (AvgIpc) is 2.31. The molecule has 3 nitrogen and oxygen atoms in total. The molecular weight excluding hydrogens is 218 g/mol. The summed E-state index contributed by atoms with van der Waals surface area (Å²) in [6.45, 7) is 3.00. The fraction of sp³-hybridized carbons (Fsp3) is 0.583. The van der Waals surface area contributed by atoms with Gasteiger partial charge >= 0.3 is 0 Å². The summed E-state index contributed by atoms with van der Waals surface area (Å²) in [4.78, 5) is 4.27. The lowest BCUT2D eigenvalue weighted by molar-refractivity contribution is 0.685. The first-order valence-corrected chi connectivity index (χ1v) is 7.08. The molecule has 0 bridgehead atoms. The zero-order valence-corrected chi connectivity index (χ0v) is 10.5. The van der Waals surface area contributed by atoms with Gasteiger partial charge in [-0.3, -0.25) is 0 Å². The molecule has 1 aliphatic rings. The number of aromatic nitrogens is 1. The Labute approximate surface area is 101 Å². The van der Waals surface area contributed by atoms with E-state index in [1.54, 1.807) is 0 Å². The number of hydrogen-bond acceptors (Lipinski definition) is 4. The average molecular weight is 237 g/mol. The van der Waals surface area contributed by atoms with Crippen molar-refractivity contribution in [1.82, 2.24) is 4.98 Å². The predicted octanol–water partition coefficient (Wildman–Crippen LogP) is 2.82. The first kappa shape index (κ1) is 11.6. The Balaban J connectivity index is 1.94. The highest BCUT2D eigenvalue weighted by Crippen LogP contribution is 2.21. The first-order chi connectivity index (χ1) is 7.88. The normalized spacial score (nSPS) is 20.4. The van der Waals surface area contributed by atoms with Crippen molar-refractivity contribution < 1.29 is 0 Å². The van der Waals surface area contributed by atoms with Gasteiger partial charge in [-0.1, -0.05) is 0 Å². The van der Waals surface area contributed by atoms with Crippen molar-refractivity contribution in [1.29, 1.82) is 0 Å². The van der Waals surface area contributed by atoms with Gasteiger partial charge in [0.2, 0.25) is 0 Å². The minimum atomic E-state index is 0.621. The van der Waals surface area contributed by atoms with E-state index in [0.717, 1.165) is 12.4 Å². The van der Waals surface area contributed by atoms with Crippen LogP contribution in [-0.2, 0) is 0 Å². The Morgan fingerprint density at radius 3 is 3.25 bits per heavy atom. The second-order valence-electron chi connectivity index (χ2n) is 4.02. The summed E-state index contributed by atoms with van der Waals surface area (Å²) in [5.74, 6) is 3.49. The molecule has 1 atom stereocenters. The number of rotatable bonds is 4. The highest BCUT2D eigenvalue weighted by molar-refractivity contribution is 7.99. The van der Waals surface area contributed by atoms with Gasteiger partial charge in [-0.2, -0.15) is 11.8 Å². The number of hydrogen-bond donors (Lipinski definition) is 2. The highest BCUT2D eigenvalue weighted by atomic mass is 32.2. The fourth-order valence-corrected chi connectivity index (χ4v) is 2.96. The summed E-state index contributed by atoms with van der Waals surface area (Å²) in [5.41, 5.74) is 1.18. The van der Waals surface area contributed by atoms with Gasteiger partial charge in [0.15, 0.2) is 0 Å². The van der Waals surface area contributed by atoms with E-state index >= 15 is 0 Å². The third kappa shape index (κ3) is 3.30. The van der Waals surface area contributed by atoms with Gasteiger partial charge < -0.3 is 10.6 Å². The van der Waals surface area contributed by atoms with Crippen LogP contribution in [0, 0.1) is 0 Å². The van der Waals surface area contributed by atoms with Crippen LogP contribution in [0.25, 0.3) is 0 Å². The maximum atomic E-state index is 4.27. The van der Waals surface area contributed by atoms with Crippen molar-refractivity contribution in [3.05, 3.63) is 18.3 Å². The lowest BCUT2D eigenvalue weighted by atomic mass is 10.2. The molecule has 0 radical (unpaired) electrons. The molecule has 2 N–H and O–H groups in total. The maximum Gasteiger partial charge on any atom is 0.127 e. The topological polar surface area (TPSA) is 37.0 Å². The van der Waals surface area contributed by atoms with Gasteiger partial charge in [-0.15, -0.1) is 0 Å². The largest absolute Gasteiger partial charge is 0.381 e. The van der Waals surface area contributed by atoms with E-state index in [1.807, 2.05) is 24.0 Å². The molecule has 1 saturated heterocycles. The lowest BCUT2D eigenvalue weighted by Gasteiger charge is -2.23. The molecule has 0 aliphatic carbocycles. The van der Waals surface area contributed by atoms with Gasteiger partial charge in [-0.05, 0) is 31.6 Å². The monoisotopic (exact) mass is 237 g/mol. The molecule has 0 spiro atoms. The van der Waals surface area contributed by atoms with E-state index in [1.165, 1.54) is 30.0 Å². The van der Waals surface area contributed by atoms with Gasteiger partial charge in [0, 0.05) is 36.3 Å². The first-order valence-electron chi connectivity index (χ1n) is 5.92. The van der Waals surface area contributed by atoms with Gasteiger partial charge in [0.1, 0.15) is 5.82 Å². The molecule has 1 aromatic heterocycles. The van der Waals surface area contributed by atoms with Gasteiger partial charge in [0.05, 0.1) is 0 Å². The number of thioether (sulfide) groups is 1. The van der Waals surface area contributed by atoms with E-state index in [-0.39, 0.29) is 0 Å². The van der Waals surface area contributed by atoms with E-state index in [9.17, 15) is 0 Å². The SMILES string of the molecule is CCNc1cc(NC2CCCSC2)ccn1. The summed E-state index contributed by atoms with van der Waals surface area (Å²) in [6, 6.07) is 4.75. The Hall–Kier alpha value is -0.900. The number of pyridine rings is 1. The fourth-order valence-electron chi connectivity index (χ4n) is 1.89. The number of nitrogens with one attached hydrogen (secondary N) is 2. The van der Waals surface area contributed by atoms with E-state index in [4.69, 9.17) is 0 Å². The second-order valence-corrected chi connectivity index (χ2v) is 5.17. The zero-order chi connectivity index (χ0) is 11.2. The van der Waals surface area contributed by atoms with Crippen molar-refractivity contribution in [2.45, 2.75) is 25.8 Å². The number of anilines is 2. The summed E-state index contributed by atoms with van der Waals surface area (Å²) >= 11 is 2.04. The van der Waals surface area contributed by atoms with Gasteiger partial charge in [0.25, 0.3) is 0 Å². The third-order valence-electron chi connectivity index (χ3n) is 2.65. The van der Waals surface area contributed by atoms with Crippen LogP contribution in [0.3, 0.4) is 0 Å². The molecule has 16 heavy (non-hydrogen) atoms. The Kier molecular flexibility index (Phi) is 4.34. The number of nitrogens with zero attached hydrogens (tertiary/aromatic N) is 1. The van der Waals surface area contributed by atoms with Crippen LogP contribution in [0.2, 0.25) is 0 Å². The Bertz CT molecular complexity index is 324. The standard InChI is InChI=1S/C12H19N3S/c1-2-13-12-8-10(5-6-14-12)15-11-4-3-7-16-9-11/h5-6,8,11H,2-4,7,9H2,1H3,(H2,13,14,15). The van der Waals surface area contributed by atoms with Crippen LogP contribution in [-0.4, -0.2) is 29.1 Å². The minimum Gasteiger partial charge on any atom is -0.381 e. The Morgan fingerprint density at radius 1 is 1.56 bits per heavy atom. The lowest BCUT2D eigenvalue weighted by Crippen LogP contribution is -2.25. The molecule has 0 aromatic carbocycles. The molecule has 2 rings (SSSR count). The van der Waals surface area contributed by atoms with Crippen LogP contribution in [0.4, 0.5) is 11.5 Å². The predicted molar refractivity (Wildman–Crippen MR) is 72.4 cm³/mol. The summed E-state index contributed by atoms with van der Waals surface area (Å²) in [5, 5.41) is 6.81. The molecule has 0 saturated carbocycles. The Morgan fingerprint density at radius 2 is 2.50 bits per heavy atom. The third-order valence-corrected chi connectivity index (χ3v) is 3.86. The molecular formula is C12H19N3S. The minimum absolute atomic E-state index is 0.621. The van der Waals surface area contributed by atoms with Crippen LogP contribution >= 0.6 is 11.8 Å². The second kappa shape index (κ2) is 5.99. The summed E-state index contributed by atoms with van der Waals surface area (Å²) < 4.78 is 0. The van der Waals surface area contributed by atoms with Crippen LogP contribution in [0.1, 0.15) is 19.8 Å². The van der Waals surface area contributed by atoms with Crippen molar-refractivity contribution in [3.8, 4) is 0 Å². The van der Waals surface area contributed by atoms with Crippen LogP contribution < -0.4 is 10.6 Å².